The molecule has 1 heterocycles. The highest BCUT2D eigenvalue weighted by atomic mass is 16.2. The molecule has 0 unspecified atom stereocenters. The van der Waals surface area contributed by atoms with Crippen LogP contribution in [0.1, 0.15) is 32.0 Å². The van der Waals surface area contributed by atoms with Crippen molar-refractivity contribution < 1.29 is 4.79 Å². The Bertz CT molecular complexity index is 508. The first kappa shape index (κ1) is 16.4. The molecule has 0 saturated heterocycles. The van der Waals surface area contributed by atoms with E-state index in [1.54, 1.807) is 6.07 Å². The van der Waals surface area contributed by atoms with Crippen molar-refractivity contribution in [1.82, 2.24) is 14.7 Å². The van der Waals surface area contributed by atoms with E-state index in [4.69, 9.17) is 5.73 Å². The number of rotatable bonds is 7. The van der Waals surface area contributed by atoms with E-state index in [0.717, 1.165) is 18.7 Å². The third-order valence-corrected chi connectivity index (χ3v) is 3.01. The number of aromatic nitrogens is 2. The van der Waals surface area contributed by atoms with E-state index in [0.29, 0.717) is 6.42 Å². The van der Waals surface area contributed by atoms with Crippen LogP contribution in [-0.4, -0.2) is 41.2 Å². The van der Waals surface area contributed by atoms with E-state index in [1.807, 2.05) is 32.8 Å². The van der Waals surface area contributed by atoms with E-state index in [2.05, 4.69) is 5.10 Å². The largest absolute Gasteiger partial charge is 0.368 e. The topological polar surface area (TPSA) is 81.2 Å². The smallest absolute Gasteiger partial charge is 0.267 e. The lowest BCUT2D eigenvalue weighted by molar-refractivity contribution is -0.122. The molecule has 1 aromatic rings. The van der Waals surface area contributed by atoms with Gasteiger partial charge in [0.25, 0.3) is 5.56 Å². The van der Waals surface area contributed by atoms with E-state index in [9.17, 15) is 9.59 Å². The maximum atomic E-state index is 11.9. The second-order valence-corrected chi connectivity index (χ2v) is 5.71. The van der Waals surface area contributed by atoms with Gasteiger partial charge in [-0.05, 0) is 32.5 Å². The number of amides is 1. The second-order valence-electron chi connectivity index (χ2n) is 5.71. The van der Waals surface area contributed by atoms with Crippen LogP contribution in [0.25, 0.3) is 0 Å². The normalized spacial score (nSPS) is 12.9. The molecular formula is C14H24N4O2. The minimum Gasteiger partial charge on any atom is -0.368 e. The minimum atomic E-state index is -0.679. The van der Waals surface area contributed by atoms with Crippen LogP contribution >= 0.6 is 0 Å². The molecule has 20 heavy (non-hydrogen) atoms. The van der Waals surface area contributed by atoms with E-state index in [-0.39, 0.29) is 11.5 Å². The SMILES string of the molecule is CC(C)C[C@@H](C(N)=O)n1nc(CCN(C)C)ccc1=O. The Labute approximate surface area is 119 Å². The number of hydrogen-bond acceptors (Lipinski definition) is 4. The van der Waals surface area contributed by atoms with Gasteiger partial charge in [0, 0.05) is 19.0 Å². The number of primary amides is 1. The predicted octanol–water partition coefficient (Wildman–Crippen LogP) is 0.420. The summed E-state index contributed by atoms with van der Waals surface area (Å²) in [5.41, 5.74) is 5.91. The third-order valence-electron chi connectivity index (χ3n) is 3.01. The van der Waals surface area contributed by atoms with Gasteiger partial charge in [-0.15, -0.1) is 0 Å². The molecule has 0 aliphatic rings. The van der Waals surface area contributed by atoms with Crippen molar-refractivity contribution in [3.8, 4) is 0 Å². The molecule has 0 aliphatic carbocycles. The van der Waals surface area contributed by atoms with Crippen molar-refractivity contribution in [2.45, 2.75) is 32.7 Å². The lowest BCUT2D eigenvalue weighted by Crippen LogP contribution is -2.36. The van der Waals surface area contributed by atoms with Crippen molar-refractivity contribution in [3.63, 3.8) is 0 Å². The van der Waals surface area contributed by atoms with Gasteiger partial charge in [-0.2, -0.15) is 5.10 Å². The molecule has 0 fully saturated rings. The summed E-state index contributed by atoms with van der Waals surface area (Å²) >= 11 is 0. The average molecular weight is 280 g/mol. The van der Waals surface area contributed by atoms with Gasteiger partial charge in [0.15, 0.2) is 0 Å². The minimum absolute atomic E-state index is 0.256. The van der Waals surface area contributed by atoms with Crippen molar-refractivity contribution in [3.05, 3.63) is 28.2 Å². The van der Waals surface area contributed by atoms with Gasteiger partial charge in [-0.25, -0.2) is 4.68 Å². The van der Waals surface area contributed by atoms with Gasteiger partial charge < -0.3 is 10.6 Å². The third kappa shape index (κ3) is 4.77. The summed E-state index contributed by atoms with van der Waals surface area (Å²) in [5.74, 6) is -0.260. The number of carbonyl (C=O) groups is 1. The van der Waals surface area contributed by atoms with E-state index >= 15 is 0 Å². The fourth-order valence-corrected chi connectivity index (χ4v) is 1.94. The summed E-state index contributed by atoms with van der Waals surface area (Å²) in [5, 5.41) is 4.30. The Morgan fingerprint density at radius 1 is 1.40 bits per heavy atom. The van der Waals surface area contributed by atoms with Gasteiger partial charge in [-0.3, -0.25) is 9.59 Å². The maximum absolute atomic E-state index is 11.9. The zero-order valence-electron chi connectivity index (χ0n) is 12.7. The molecule has 6 nitrogen and oxygen atoms in total. The molecule has 0 bridgehead atoms. The molecule has 1 aromatic heterocycles. The van der Waals surface area contributed by atoms with Crippen molar-refractivity contribution in [1.29, 1.82) is 0 Å². The van der Waals surface area contributed by atoms with Gasteiger partial charge in [0.1, 0.15) is 6.04 Å². The highest BCUT2D eigenvalue weighted by Crippen LogP contribution is 2.14. The lowest BCUT2D eigenvalue weighted by Gasteiger charge is -2.18. The molecule has 112 valence electrons. The van der Waals surface area contributed by atoms with Crippen molar-refractivity contribution in [2.75, 3.05) is 20.6 Å². The molecule has 1 rings (SSSR count). The summed E-state index contributed by atoms with van der Waals surface area (Å²) in [4.78, 5) is 25.5. The monoisotopic (exact) mass is 280 g/mol. The standard InChI is InChI=1S/C14H24N4O2/c1-10(2)9-12(14(15)20)18-13(19)6-5-11(16-18)7-8-17(3)4/h5-6,10,12H,7-9H2,1-4H3,(H2,15,20)/t12-/m0/s1. The summed E-state index contributed by atoms with van der Waals surface area (Å²) in [7, 11) is 3.95. The molecule has 0 aliphatic heterocycles. The number of nitrogens with two attached hydrogens (primary N) is 1. The van der Waals surface area contributed by atoms with Crippen LogP contribution in [0.5, 0.6) is 0 Å². The Kier molecular flexibility index (Phi) is 5.88. The molecule has 2 N–H and O–H groups in total. The Morgan fingerprint density at radius 2 is 2.05 bits per heavy atom. The summed E-state index contributed by atoms with van der Waals surface area (Å²) in [6, 6.07) is 2.48. The number of carbonyl (C=O) groups excluding carboxylic acids is 1. The molecule has 1 atom stereocenters. The van der Waals surface area contributed by atoms with Crippen molar-refractivity contribution in [2.24, 2.45) is 11.7 Å². The molecule has 0 spiro atoms. The first-order valence-electron chi connectivity index (χ1n) is 6.84. The highest BCUT2D eigenvalue weighted by Gasteiger charge is 2.21. The van der Waals surface area contributed by atoms with Gasteiger partial charge in [0.2, 0.25) is 5.91 Å². The summed E-state index contributed by atoms with van der Waals surface area (Å²) < 4.78 is 1.23. The van der Waals surface area contributed by atoms with Gasteiger partial charge in [0.05, 0.1) is 5.69 Å². The number of nitrogens with zero attached hydrogens (tertiary/aromatic N) is 3. The molecule has 1 amide bonds. The number of likely N-dealkylation sites (N-methyl/N-ethyl adjacent to an activating group) is 1. The van der Waals surface area contributed by atoms with Crippen LogP contribution in [0.3, 0.4) is 0 Å². The van der Waals surface area contributed by atoms with E-state index < -0.39 is 11.9 Å². The molecule has 0 saturated carbocycles. The van der Waals surface area contributed by atoms with Crippen LogP contribution < -0.4 is 11.3 Å². The maximum Gasteiger partial charge on any atom is 0.267 e. The lowest BCUT2D eigenvalue weighted by atomic mass is 10.0. The average Bonchev–Trinajstić information content (AvgIpc) is 2.34. The van der Waals surface area contributed by atoms with Crippen LogP contribution in [0.2, 0.25) is 0 Å². The van der Waals surface area contributed by atoms with Gasteiger partial charge in [-0.1, -0.05) is 13.8 Å². The zero-order chi connectivity index (χ0) is 15.3. The predicted molar refractivity (Wildman–Crippen MR) is 78.4 cm³/mol. The molecule has 0 aromatic carbocycles. The Balaban J connectivity index is 3.04. The second kappa shape index (κ2) is 7.19. The summed E-state index contributed by atoms with van der Waals surface area (Å²) in [6.07, 6.45) is 1.24. The highest BCUT2D eigenvalue weighted by molar-refractivity contribution is 5.78. The quantitative estimate of drug-likeness (QED) is 0.785. The molecular weight excluding hydrogens is 256 g/mol. The van der Waals surface area contributed by atoms with Crippen LogP contribution in [0.15, 0.2) is 16.9 Å². The molecule has 6 heteroatoms. The fourth-order valence-electron chi connectivity index (χ4n) is 1.94. The van der Waals surface area contributed by atoms with E-state index in [1.165, 1.54) is 10.7 Å². The number of hydrogen-bond donors (Lipinski definition) is 1. The van der Waals surface area contributed by atoms with Crippen LogP contribution in [0.4, 0.5) is 0 Å². The molecule has 0 radical (unpaired) electrons. The zero-order valence-corrected chi connectivity index (χ0v) is 12.7. The first-order valence-corrected chi connectivity index (χ1v) is 6.84. The Morgan fingerprint density at radius 3 is 2.55 bits per heavy atom. The van der Waals surface area contributed by atoms with Crippen molar-refractivity contribution >= 4 is 5.91 Å². The fraction of sp³-hybridized carbons (Fsp3) is 0.643. The summed E-state index contributed by atoms with van der Waals surface area (Å²) in [6.45, 7) is 4.80. The van der Waals surface area contributed by atoms with Crippen LogP contribution in [-0.2, 0) is 11.2 Å². The Hall–Kier alpha value is -1.69. The first-order chi connectivity index (χ1) is 9.31. The van der Waals surface area contributed by atoms with Crippen LogP contribution in [0, 0.1) is 5.92 Å². The van der Waals surface area contributed by atoms with Gasteiger partial charge >= 0.3 is 0 Å².